The third-order valence-electron chi connectivity index (χ3n) is 12.3. The summed E-state index contributed by atoms with van der Waals surface area (Å²) in [5.41, 5.74) is -3.35. The van der Waals surface area contributed by atoms with Crippen LogP contribution in [0.3, 0.4) is 0 Å². The number of hydrogen-bond acceptors (Lipinski definition) is 7. The number of aromatic hydroxyl groups is 1. The molecule has 0 radical (unpaired) electrons. The maximum absolute atomic E-state index is 17.6. The van der Waals surface area contributed by atoms with Crippen LogP contribution < -0.4 is 0 Å². The molecule has 48 heavy (non-hydrogen) atoms. The summed E-state index contributed by atoms with van der Waals surface area (Å²) in [4.78, 5) is 26.0. The van der Waals surface area contributed by atoms with Crippen LogP contribution in [-0.4, -0.2) is 63.1 Å². The van der Waals surface area contributed by atoms with Gasteiger partial charge in [0.1, 0.15) is 18.5 Å². The second kappa shape index (κ2) is 11.4. The highest BCUT2D eigenvalue weighted by molar-refractivity contribution is 6.01. The van der Waals surface area contributed by atoms with Crippen LogP contribution in [0.25, 0.3) is 0 Å². The Morgan fingerprint density at radius 3 is 2.54 bits per heavy atom. The standard InChI is InChI=1S/C39H44F2O7/c1-21(2)12-22-6-5-7-23(13-22)14-24-8-9-25(15-31(24)44)35-47-34-18-27-28-17-30(40)29-16-26(43)10-11-36(29,3)38(28,41)32(45)19-37(27,4)39(34,48-35)33(46)20-42/h5-11,13,15-16,21,27-28,30,32,34-35,42,44-45H,12,14,17-20H2,1-4H3/t27-,28-,30-,32-,34+,35-,36-,37-,38-,39+/m0/s1. The summed E-state index contributed by atoms with van der Waals surface area (Å²) >= 11 is 0. The Bertz CT molecular complexity index is 1720. The number of Topliss-reactive ketones (excluding diaryl/α,β-unsaturated/α-hetero) is 1. The lowest BCUT2D eigenvalue weighted by molar-refractivity contribution is -0.235. The van der Waals surface area contributed by atoms with E-state index in [1.807, 2.05) is 12.1 Å². The van der Waals surface area contributed by atoms with Gasteiger partial charge in [0.15, 0.2) is 29.1 Å². The average molecular weight is 663 g/mol. The fraction of sp³-hybridized carbons (Fsp3) is 0.538. The van der Waals surface area contributed by atoms with Crippen molar-refractivity contribution in [1.82, 2.24) is 0 Å². The molecule has 7 rings (SSSR count). The van der Waals surface area contributed by atoms with Crippen molar-refractivity contribution in [2.24, 2.45) is 28.6 Å². The lowest BCUT2D eigenvalue weighted by Gasteiger charge is -2.63. The van der Waals surface area contributed by atoms with E-state index in [-0.39, 0.29) is 30.6 Å². The topological polar surface area (TPSA) is 113 Å². The fourth-order valence-corrected chi connectivity index (χ4v) is 10.1. The number of ketones is 2. The highest BCUT2D eigenvalue weighted by atomic mass is 19.1. The number of aliphatic hydroxyl groups is 2. The minimum absolute atomic E-state index is 0.0230. The van der Waals surface area contributed by atoms with Gasteiger partial charge in [0.25, 0.3) is 0 Å². The number of benzene rings is 2. The Balaban J connectivity index is 1.19. The molecule has 0 unspecified atom stereocenters. The van der Waals surface area contributed by atoms with Gasteiger partial charge in [0.05, 0.1) is 12.2 Å². The number of phenolic OH excluding ortho intramolecular Hbond substituents is 1. The number of fused-ring (bicyclic) bond motifs is 7. The number of hydrogen-bond donors (Lipinski definition) is 3. The van der Waals surface area contributed by atoms with Crippen molar-refractivity contribution in [3.05, 3.63) is 88.5 Å². The Kier molecular flexibility index (Phi) is 7.90. The van der Waals surface area contributed by atoms with E-state index in [1.54, 1.807) is 25.1 Å². The molecule has 1 saturated heterocycles. The Morgan fingerprint density at radius 1 is 1.08 bits per heavy atom. The number of rotatable bonds is 7. The third-order valence-corrected chi connectivity index (χ3v) is 12.3. The zero-order valence-electron chi connectivity index (χ0n) is 27.8. The van der Waals surface area contributed by atoms with Crippen LogP contribution in [0.4, 0.5) is 8.78 Å². The molecule has 0 bridgehead atoms. The van der Waals surface area contributed by atoms with Gasteiger partial charge in [-0.15, -0.1) is 0 Å². The molecule has 2 aromatic rings. The summed E-state index contributed by atoms with van der Waals surface area (Å²) in [6.45, 7) is 6.75. The smallest absolute Gasteiger partial charge is 0.193 e. The van der Waals surface area contributed by atoms with E-state index in [9.17, 15) is 24.9 Å². The molecule has 0 amide bonds. The van der Waals surface area contributed by atoms with Crippen LogP contribution in [0, 0.1) is 28.6 Å². The van der Waals surface area contributed by atoms with Gasteiger partial charge in [-0.25, -0.2) is 8.78 Å². The predicted octanol–water partition coefficient (Wildman–Crippen LogP) is 5.82. The molecule has 7 nitrogen and oxygen atoms in total. The predicted molar refractivity (Wildman–Crippen MR) is 173 cm³/mol. The lowest BCUT2D eigenvalue weighted by Crippen LogP contribution is -2.70. The first-order chi connectivity index (χ1) is 22.7. The summed E-state index contributed by atoms with van der Waals surface area (Å²) < 4.78 is 46.4. The average Bonchev–Trinajstić information content (AvgIpc) is 3.53. The van der Waals surface area contributed by atoms with Crippen molar-refractivity contribution in [2.75, 3.05) is 6.61 Å². The number of carbonyl (C=O) groups excluding carboxylic acids is 2. The van der Waals surface area contributed by atoms with Crippen molar-refractivity contribution in [3.63, 3.8) is 0 Å². The van der Waals surface area contributed by atoms with Crippen LogP contribution in [0.5, 0.6) is 5.75 Å². The van der Waals surface area contributed by atoms with Gasteiger partial charge < -0.3 is 24.8 Å². The molecule has 4 aliphatic carbocycles. The molecule has 0 spiro atoms. The summed E-state index contributed by atoms with van der Waals surface area (Å²) in [7, 11) is 0. The zero-order valence-corrected chi connectivity index (χ0v) is 27.8. The molecule has 0 aromatic heterocycles. The number of carbonyl (C=O) groups is 2. The van der Waals surface area contributed by atoms with E-state index in [0.717, 1.165) is 18.1 Å². The molecular weight excluding hydrogens is 618 g/mol. The zero-order chi connectivity index (χ0) is 34.4. The maximum Gasteiger partial charge on any atom is 0.193 e. The third kappa shape index (κ3) is 4.57. The molecule has 4 fully saturated rings. The van der Waals surface area contributed by atoms with E-state index in [4.69, 9.17) is 9.47 Å². The molecule has 2 aromatic carbocycles. The van der Waals surface area contributed by atoms with E-state index < -0.39 is 76.8 Å². The molecule has 9 heteroatoms. The SMILES string of the molecule is CC(C)Cc1cccc(Cc2ccc([C@H]3O[C@@H]4C[C@H]5[C@@H]6C[C@H](F)C7=CC(=O)C=C[C@]7(C)[C@@]6(F)[C@@H](O)C[C@]5(C)[C@]4(C(=O)CO)O3)cc2O)c1. The van der Waals surface area contributed by atoms with Gasteiger partial charge in [0.2, 0.25) is 0 Å². The second-order valence-corrected chi connectivity index (χ2v) is 15.5. The van der Waals surface area contributed by atoms with Crippen molar-refractivity contribution >= 4 is 11.6 Å². The van der Waals surface area contributed by atoms with Gasteiger partial charge in [0, 0.05) is 28.7 Å². The molecule has 256 valence electrons. The number of alkyl halides is 2. The molecule has 10 atom stereocenters. The summed E-state index contributed by atoms with van der Waals surface area (Å²) in [6.07, 6.45) is -0.361. The van der Waals surface area contributed by atoms with Crippen LogP contribution in [0.1, 0.15) is 75.5 Å². The van der Waals surface area contributed by atoms with Crippen LogP contribution in [0.2, 0.25) is 0 Å². The first-order valence-electron chi connectivity index (χ1n) is 17.0. The lowest BCUT2D eigenvalue weighted by atomic mass is 9.44. The molecule has 1 aliphatic heterocycles. The van der Waals surface area contributed by atoms with Gasteiger partial charge in [-0.1, -0.05) is 63.2 Å². The number of phenols is 1. The minimum Gasteiger partial charge on any atom is -0.508 e. The Hall–Kier alpha value is -3.24. The summed E-state index contributed by atoms with van der Waals surface area (Å²) in [5, 5.41) is 33.0. The first kappa shape index (κ1) is 33.3. The minimum atomic E-state index is -2.32. The summed E-state index contributed by atoms with van der Waals surface area (Å²) in [5.74, 6) is -2.18. The maximum atomic E-state index is 17.6. The largest absolute Gasteiger partial charge is 0.508 e. The number of ether oxygens (including phenoxy) is 2. The van der Waals surface area contributed by atoms with Crippen molar-refractivity contribution in [1.29, 1.82) is 0 Å². The normalized spacial score (nSPS) is 39.9. The van der Waals surface area contributed by atoms with Crippen LogP contribution in [-0.2, 0) is 31.9 Å². The van der Waals surface area contributed by atoms with Gasteiger partial charge >= 0.3 is 0 Å². The molecule has 5 aliphatic rings. The monoisotopic (exact) mass is 662 g/mol. The molecule has 3 N–H and O–H groups in total. The van der Waals surface area contributed by atoms with Crippen molar-refractivity contribution < 1.29 is 43.2 Å². The van der Waals surface area contributed by atoms with Crippen LogP contribution >= 0.6 is 0 Å². The highest BCUT2D eigenvalue weighted by Gasteiger charge is 2.80. The molecular formula is C39H44F2O7. The van der Waals surface area contributed by atoms with E-state index in [2.05, 4.69) is 26.0 Å². The molecule has 1 heterocycles. The van der Waals surface area contributed by atoms with E-state index in [1.165, 1.54) is 24.6 Å². The summed E-state index contributed by atoms with van der Waals surface area (Å²) in [6, 6.07) is 13.4. The van der Waals surface area contributed by atoms with E-state index in [0.29, 0.717) is 23.5 Å². The number of allylic oxidation sites excluding steroid dienone is 4. The fourth-order valence-electron chi connectivity index (χ4n) is 10.1. The van der Waals surface area contributed by atoms with Gasteiger partial charge in [-0.05, 0) is 84.9 Å². The molecule has 3 saturated carbocycles. The van der Waals surface area contributed by atoms with Gasteiger partial charge in [-0.3, -0.25) is 9.59 Å². The Labute approximate surface area is 279 Å². The number of aliphatic hydroxyl groups excluding tert-OH is 2. The highest BCUT2D eigenvalue weighted by Crippen LogP contribution is 2.72. The van der Waals surface area contributed by atoms with Crippen molar-refractivity contribution in [2.45, 2.75) is 95.7 Å². The second-order valence-electron chi connectivity index (χ2n) is 15.5. The quantitative estimate of drug-likeness (QED) is 0.342. The van der Waals surface area contributed by atoms with Crippen LogP contribution in [0.15, 0.2) is 66.3 Å². The van der Waals surface area contributed by atoms with Gasteiger partial charge in [-0.2, -0.15) is 0 Å². The first-order valence-corrected chi connectivity index (χ1v) is 17.0. The Morgan fingerprint density at radius 2 is 1.83 bits per heavy atom. The van der Waals surface area contributed by atoms with E-state index >= 15 is 8.78 Å². The number of halogens is 2. The van der Waals surface area contributed by atoms with Crippen molar-refractivity contribution in [3.8, 4) is 5.75 Å².